The molecule has 0 aliphatic heterocycles. The summed E-state index contributed by atoms with van der Waals surface area (Å²) in [6.45, 7) is 0. The third-order valence-corrected chi connectivity index (χ3v) is 9.58. The molecule has 0 saturated heterocycles. The van der Waals surface area contributed by atoms with Gasteiger partial charge in [0.15, 0.2) is 8.07 Å². The van der Waals surface area contributed by atoms with Crippen molar-refractivity contribution in [2.24, 2.45) is 0 Å². The van der Waals surface area contributed by atoms with Crippen molar-refractivity contribution in [3.8, 4) is 17.2 Å². The van der Waals surface area contributed by atoms with E-state index < -0.39 is 8.07 Å². The SMILES string of the molecule is COc1ccc(C#C[Si](CCCBr)(c2ccccc2)c2ccccc2)cc1. The average Bonchev–Trinajstić information content (AvgIpc) is 2.76. The van der Waals surface area contributed by atoms with Crippen molar-refractivity contribution in [3.63, 3.8) is 0 Å². The summed E-state index contributed by atoms with van der Waals surface area (Å²) in [4.78, 5) is 0. The lowest BCUT2D eigenvalue weighted by molar-refractivity contribution is 0.415. The van der Waals surface area contributed by atoms with Crippen molar-refractivity contribution in [2.45, 2.75) is 12.5 Å². The Kier molecular flexibility index (Phi) is 6.92. The van der Waals surface area contributed by atoms with Crippen LogP contribution < -0.4 is 15.1 Å². The van der Waals surface area contributed by atoms with Gasteiger partial charge in [0.25, 0.3) is 0 Å². The highest BCUT2D eigenvalue weighted by atomic mass is 79.9. The molecule has 0 N–H and O–H groups in total. The Morgan fingerprint density at radius 2 is 1.37 bits per heavy atom. The van der Waals surface area contributed by atoms with Gasteiger partial charge in [-0.2, -0.15) is 0 Å². The first-order valence-electron chi connectivity index (χ1n) is 9.13. The highest BCUT2D eigenvalue weighted by Crippen LogP contribution is 2.16. The largest absolute Gasteiger partial charge is 0.497 e. The topological polar surface area (TPSA) is 9.23 Å². The van der Waals surface area contributed by atoms with E-state index >= 15 is 0 Å². The summed E-state index contributed by atoms with van der Waals surface area (Å²) >= 11 is 3.62. The first kappa shape index (κ1) is 19.5. The molecule has 0 unspecified atom stereocenters. The maximum Gasteiger partial charge on any atom is 0.199 e. The Bertz CT molecular complexity index is 856. The zero-order chi connectivity index (χ0) is 19.0. The molecule has 0 spiro atoms. The second kappa shape index (κ2) is 9.59. The molecule has 0 amide bonds. The van der Waals surface area contributed by atoms with E-state index in [4.69, 9.17) is 4.74 Å². The number of hydrogen-bond acceptors (Lipinski definition) is 1. The Balaban J connectivity index is 2.12. The van der Waals surface area contributed by atoms with Crippen molar-refractivity contribution < 1.29 is 4.74 Å². The molecule has 0 saturated carbocycles. The summed E-state index contributed by atoms with van der Waals surface area (Å²) in [6.07, 6.45) is 1.10. The lowest BCUT2D eigenvalue weighted by Gasteiger charge is -2.27. The number of benzene rings is 3. The first-order valence-corrected chi connectivity index (χ1v) is 12.5. The van der Waals surface area contributed by atoms with Crippen LogP contribution in [0.5, 0.6) is 5.75 Å². The fourth-order valence-corrected chi connectivity index (χ4v) is 8.00. The second-order valence-corrected chi connectivity index (χ2v) is 10.9. The maximum atomic E-state index is 5.26. The highest BCUT2D eigenvalue weighted by Gasteiger charge is 2.35. The van der Waals surface area contributed by atoms with Crippen LogP contribution >= 0.6 is 15.9 Å². The Labute approximate surface area is 171 Å². The van der Waals surface area contributed by atoms with Crippen LogP contribution in [-0.4, -0.2) is 20.5 Å². The molecule has 3 aromatic rings. The molecule has 27 heavy (non-hydrogen) atoms. The van der Waals surface area contributed by atoms with E-state index in [-0.39, 0.29) is 0 Å². The van der Waals surface area contributed by atoms with Crippen molar-refractivity contribution in [1.29, 1.82) is 0 Å². The normalized spacial score (nSPS) is 10.7. The van der Waals surface area contributed by atoms with Crippen LogP contribution in [-0.2, 0) is 0 Å². The number of methoxy groups -OCH3 is 1. The summed E-state index contributed by atoms with van der Waals surface area (Å²) in [5.74, 6) is 4.34. The Morgan fingerprint density at radius 1 is 0.815 bits per heavy atom. The van der Waals surface area contributed by atoms with E-state index in [1.807, 2.05) is 24.3 Å². The smallest absolute Gasteiger partial charge is 0.199 e. The minimum Gasteiger partial charge on any atom is -0.497 e. The van der Waals surface area contributed by atoms with Crippen LogP contribution in [0, 0.1) is 11.5 Å². The number of alkyl halides is 1. The van der Waals surface area contributed by atoms with Crippen LogP contribution in [0.3, 0.4) is 0 Å². The van der Waals surface area contributed by atoms with E-state index in [9.17, 15) is 0 Å². The molecule has 136 valence electrons. The minimum absolute atomic E-state index is 0.856. The summed E-state index contributed by atoms with van der Waals surface area (Å²) in [6, 6.07) is 30.8. The fourth-order valence-electron chi connectivity index (χ4n) is 3.29. The Hall–Kier alpha value is -2.28. The predicted octanol–water partition coefficient (Wildman–Crippen LogP) is 4.63. The molecule has 3 aromatic carbocycles. The van der Waals surface area contributed by atoms with Gasteiger partial charge in [0.2, 0.25) is 0 Å². The molecule has 0 aromatic heterocycles. The number of hydrogen-bond donors (Lipinski definition) is 0. The van der Waals surface area contributed by atoms with Crippen LogP contribution in [0.2, 0.25) is 6.04 Å². The Morgan fingerprint density at radius 3 is 1.85 bits per heavy atom. The molecule has 3 rings (SSSR count). The van der Waals surface area contributed by atoms with Gasteiger partial charge in [-0.05, 0) is 47.1 Å². The zero-order valence-corrected chi connectivity index (χ0v) is 18.1. The van der Waals surface area contributed by atoms with Crippen molar-refractivity contribution in [3.05, 3.63) is 90.5 Å². The van der Waals surface area contributed by atoms with Gasteiger partial charge < -0.3 is 4.74 Å². The van der Waals surface area contributed by atoms with Crippen LogP contribution in [0.4, 0.5) is 0 Å². The van der Waals surface area contributed by atoms with E-state index in [1.54, 1.807) is 7.11 Å². The molecule has 0 bridgehead atoms. The minimum atomic E-state index is -2.20. The second-order valence-electron chi connectivity index (χ2n) is 6.41. The summed E-state index contributed by atoms with van der Waals surface area (Å²) in [7, 11) is -0.512. The lowest BCUT2D eigenvalue weighted by Crippen LogP contribution is -2.57. The third kappa shape index (κ3) is 4.71. The van der Waals surface area contributed by atoms with E-state index in [0.717, 1.165) is 29.1 Å². The van der Waals surface area contributed by atoms with Gasteiger partial charge in [0, 0.05) is 10.9 Å². The molecule has 0 aliphatic carbocycles. The van der Waals surface area contributed by atoms with Crippen molar-refractivity contribution in [2.75, 3.05) is 12.4 Å². The van der Waals surface area contributed by atoms with Crippen molar-refractivity contribution in [1.82, 2.24) is 0 Å². The molecular weight excluding hydrogens is 412 g/mol. The van der Waals surface area contributed by atoms with Crippen LogP contribution in [0.1, 0.15) is 12.0 Å². The van der Waals surface area contributed by atoms with Gasteiger partial charge in [-0.1, -0.05) is 82.5 Å². The highest BCUT2D eigenvalue weighted by molar-refractivity contribution is 9.09. The maximum absolute atomic E-state index is 5.26. The molecule has 0 heterocycles. The van der Waals surface area contributed by atoms with Crippen LogP contribution in [0.15, 0.2) is 84.9 Å². The average molecular weight is 435 g/mol. The predicted molar refractivity (Wildman–Crippen MR) is 121 cm³/mol. The summed E-state index contributed by atoms with van der Waals surface area (Å²) in [5, 5.41) is 3.74. The molecule has 0 radical (unpaired) electrons. The third-order valence-electron chi connectivity index (χ3n) is 4.73. The van der Waals surface area contributed by atoms with Gasteiger partial charge in [0.05, 0.1) is 7.11 Å². The molecule has 1 nitrogen and oxygen atoms in total. The fraction of sp³-hybridized carbons (Fsp3) is 0.167. The van der Waals surface area contributed by atoms with E-state index in [0.29, 0.717) is 0 Å². The standard InChI is InChI=1S/C24H23BrOSi/c1-26-22-15-13-21(14-16-22)17-20-27(19-8-18-25,23-9-4-2-5-10-23)24-11-6-3-7-12-24/h2-7,9-16H,8,18-19H2,1H3. The van der Waals surface area contributed by atoms with Crippen LogP contribution in [0.25, 0.3) is 0 Å². The molecule has 3 heteroatoms. The molecule has 0 fully saturated rings. The monoisotopic (exact) mass is 434 g/mol. The first-order chi connectivity index (χ1) is 13.3. The van der Waals surface area contributed by atoms with Gasteiger partial charge in [-0.25, -0.2) is 0 Å². The van der Waals surface area contributed by atoms with Gasteiger partial charge in [-0.15, -0.1) is 5.54 Å². The van der Waals surface area contributed by atoms with E-state index in [1.165, 1.54) is 10.4 Å². The number of halogens is 1. The molecular formula is C24H23BrOSi. The lowest BCUT2D eigenvalue weighted by atomic mass is 10.2. The zero-order valence-electron chi connectivity index (χ0n) is 15.5. The quantitative estimate of drug-likeness (QED) is 0.312. The van der Waals surface area contributed by atoms with E-state index in [2.05, 4.69) is 88.1 Å². The number of ether oxygens (including phenoxy) is 1. The summed E-state index contributed by atoms with van der Waals surface area (Å²) < 4.78 is 5.26. The van der Waals surface area contributed by atoms with Gasteiger partial charge in [0.1, 0.15) is 5.75 Å². The molecule has 0 aliphatic rings. The summed E-state index contributed by atoms with van der Waals surface area (Å²) in [5.41, 5.74) is 4.81. The van der Waals surface area contributed by atoms with Gasteiger partial charge >= 0.3 is 0 Å². The van der Waals surface area contributed by atoms with Crippen molar-refractivity contribution >= 4 is 34.4 Å². The van der Waals surface area contributed by atoms with Gasteiger partial charge in [-0.3, -0.25) is 0 Å². The number of rotatable bonds is 6. The molecule has 0 atom stereocenters.